The third-order valence-corrected chi connectivity index (χ3v) is 4.34. The van der Waals surface area contributed by atoms with Crippen molar-refractivity contribution in [3.05, 3.63) is 52.6 Å². The van der Waals surface area contributed by atoms with Gasteiger partial charge in [0.2, 0.25) is 11.8 Å². The summed E-state index contributed by atoms with van der Waals surface area (Å²) >= 11 is 0. The van der Waals surface area contributed by atoms with Crippen molar-refractivity contribution in [2.45, 2.75) is 25.7 Å². The number of nitrogens with one attached hydrogen (secondary N) is 1. The molecule has 0 unspecified atom stereocenters. The number of anilines is 1. The van der Waals surface area contributed by atoms with Crippen LogP contribution in [-0.2, 0) is 24.5 Å². The molecule has 128 valence electrons. The highest BCUT2D eigenvalue weighted by atomic mass is 16.5. The average molecular weight is 339 g/mol. The van der Waals surface area contributed by atoms with Crippen molar-refractivity contribution in [3.63, 3.8) is 0 Å². The monoisotopic (exact) mass is 339 g/mol. The quantitative estimate of drug-likeness (QED) is 0.812. The number of hydrogen-bond donors (Lipinski definition) is 2. The second-order valence-corrected chi connectivity index (χ2v) is 5.58. The van der Waals surface area contributed by atoms with Crippen LogP contribution in [0.5, 0.6) is 0 Å². The van der Waals surface area contributed by atoms with Gasteiger partial charge in [-0.15, -0.1) is 0 Å². The molecule has 0 aliphatic carbocycles. The molecule has 2 aliphatic rings. The molecule has 25 heavy (non-hydrogen) atoms. The van der Waals surface area contributed by atoms with E-state index >= 15 is 0 Å². The van der Waals surface area contributed by atoms with E-state index < -0.39 is 17.3 Å². The summed E-state index contributed by atoms with van der Waals surface area (Å²) in [5.41, 5.74) is 5.17. The van der Waals surface area contributed by atoms with E-state index in [0.29, 0.717) is 17.7 Å². The van der Waals surface area contributed by atoms with Crippen LogP contribution in [-0.4, -0.2) is 18.5 Å². The maximum atomic E-state index is 13.1. The van der Waals surface area contributed by atoms with Gasteiger partial charge in [-0.2, -0.15) is 5.26 Å². The van der Waals surface area contributed by atoms with Crippen LogP contribution >= 0.6 is 0 Å². The van der Waals surface area contributed by atoms with Crippen molar-refractivity contribution in [2.24, 2.45) is 5.73 Å². The Labute approximate surface area is 144 Å². The Kier molecular flexibility index (Phi) is 3.97. The first-order valence-electron chi connectivity index (χ1n) is 7.92. The maximum absolute atomic E-state index is 13.1. The van der Waals surface area contributed by atoms with Gasteiger partial charge in [0.1, 0.15) is 23.0 Å². The molecular weight excluding hydrogens is 322 g/mol. The van der Waals surface area contributed by atoms with Gasteiger partial charge >= 0.3 is 5.97 Å². The molecule has 0 aromatic heterocycles. The highest BCUT2D eigenvalue weighted by Gasteiger charge is 2.59. The van der Waals surface area contributed by atoms with Crippen LogP contribution in [0.15, 0.2) is 47.1 Å². The number of amides is 1. The van der Waals surface area contributed by atoms with Gasteiger partial charge in [0.15, 0.2) is 5.41 Å². The summed E-state index contributed by atoms with van der Waals surface area (Å²) in [6.45, 7) is 3.56. The second-order valence-electron chi connectivity index (χ2n) is 5.58. The molecule has 3 N–H and O–H groups in total. The van der Waals surface area contributed by atoms with Crippen molar-refractivity contribution in [2.75, 3.05) is 11.9 Å². The summed E-state index contributed by atoms with van der Waals surface area (Å²) in [5, 5.41) is 12.4. The zero-order chi connectivity index (χ0) is 18.2. The van der Waals surface area contributed by atoms with Crippen LogP contribution in [0.3, 0.4) is 0 Å². The number of rotatable bonds is 3. The number of fused-ring (bicyclic) bond motifs is 2. The topological polar surface area (TPSA) is 114 Å². The number of benzene rings is 1. The number of allylic oxidation sites excluding steroid dienone is 1. The van der Waals surface area contributed by atoms with E-state index in [2.05, 4.69) is 5.32 Å². The summed E-state index contributed by atoms with van der Waals surface area (Å²) in [6.07, 6.45) is 0.310. The Balaban J connectivity index is 2.41. The van der Waals surface area contributed by atoms with Crippen LogP contribution < -0.4 is 11.1 Å². The summed E-state index contributed by atoms with van der Waals surface area (Å²) in [7, 11) is 0. The Hall–Kier alpha value is -3.27. The summed E-state index contributed by atoms with van der Waals surface area (Å²) in [6, 6.07) is 8.84. The average Bonchev–Trinajstić information content (AvgIpc) is 2.88. The second kappa shape index (κ2) is 5.98. The van der Waals surface area contributed by atoms with Gasteiger partial charge in [-0.3, -0.25) is 4.79 Å². The Morgan fingerprint density at radius 1 is 1.40 bits per heavy atom. The molecule has 3 rings (SSSR count). The van der Waals surface area contributed by atoms with Gasteiger partial charge in [-0.05, 0) is 13.0 Å². The molecule has 0 fully saturated rings. The molecule has 0 radical (unpaired) electrons. The summed E-state index contributed by atoms with van der Waals surface area (Å²) in [4.78, 5) is 25.8. The van der Waals surface area contributed by atoms with Crippen molar-refractivity contribution < 1.29 is 19.1 Å². The van der Waals surface area contributed by atoms with E-state index in [4.69, 9.17) is 15.2 Å². The number of nitrogens with two attached hydrogens (primary N) is 1. The lowest BCUT2D eigenvalue weighted by atomic mass is 9.68. The number of carbonyl (C=O) groups excluding carboxylic acids is 2. The predicted octanol–water partition coefficient (Wildman–Crippen LogP) is 1.83. The number of esters is 1. The normalized spacial score (nSPS) is 21.6. The number of carbonyl (C=O) groups is 2. The minimum absolute atomic E-state index is 0.00468. The molecule has 2 heterocycles. The third kappa shape index (κ3) is 2.11. The number of para-hydroxylation sites is 1. The van der Waals surface area contributed by atoms with Gasteiger partial charge in [0, 0.05) is 17.7 Å². The standard InChI is InChI=1S/C18H17N3O4/c1-3-13-14(16(22)24-4-2)18(11(9-19)15(20)25-13)10-7-5-6-8-12(10)21-17(18)23/h5-8H,3-4,20H2,1-2H3,(H,21,23)/t18-/m1/s1. The molecule has 1 spiro atoms. The lowest BCUT2D eigenvalue weighted by Crippen LogP contribution is -2.46. The molecule has 0 saturated carbocycles. The molecule has 0 bridgehead atoms. The SMILES string of the molecule is CCOC(=O)C1=C(CC)OC(N)=C(C#N)[C@@]12C(=O)Nc1ccccc12. The van der Waals surface area contributed by atoms with E-state index in [1.807, 2.05) is 6.07 Å². The molecular formula is C18H17N3O4. The van der Waals surface area contributed by atoms with Crippen LogP contribution in [0.2, 0.25) is 0 Å². The van der Waals surface area contributed by atoms with E-state index in [-0.39, 0.29) is 29.4 Å². The first kappa shape index (κ1) is 16.6. The zero-order valence-corrected chi connectivity index (χ0v) is 13.9. The van der Waals surface area contributed by atoms with Gasteiger partial charge < -0.3 is 20.5 Å². The van der Waals surface area contributed by atoms with E-state index in [9.17, 15) is 14.9 Å². The molecule has 0 saturated heterocycles. The van der Waals surface area contributed by atoms with Crippen molar-refractivity contribution >= 4 is 17.6 Å². The molecule has 1 atom stereocenters. The number of nitrogens with zero attached hydrogens (tertiary/aromatic N) is 1. The van der Waals surface area contributed by atoms with Crippen molar-refractivity contribution in [1.82, 2.24) is 0 Å². The first-order chi connectivity index (χ1) is 12.0. The van der Waals surface area contributed by atoms with Crippen molar-refractivity contribution in [1.29, 1.82) is 5.26 Å². The Bertz CT molecular complexity index is 879. The molecule has 7 heteroatoms. The van der Waals surface area contributed by atoms with Gasteiger partial charge in [-0.25, -0.2) is 4.79 Å². The lowest BCUT2D eigenvalue weighted by molar-refractivity contribution is -0.140. The summed E-state index contributed by atoms with van der Waals surface area (Å²) < 4.78 is 10.7. The molecule has 7 nitrogen and oxygen atoms in total. The van der Waals surface area contributed by atoms with E-state index in [1.165, 1.54) is 0 Å². The van der Waals surface area contributed by atoms with Crippen molar-refractivity contribution in [3.8, 4) is 6.07 Å². The largest absolute Gasteiger partial charge is 0.462 e. The van der Waals surface area contributed by atoms with E-state index in [1.54, 1.807) is 38.1 Å². The summed E-state index contributed by atoms with van der Waals surface area (Å²) in [5.74, 6) is -1.18. The highest BCUT2D eigenvalue weighted by molar-refractivity contribution is 6.17. The first-order valence-corrected chi connectivity index (χ1v) is 7.92. The molecule has 1 aromatic rings. The number of ether oxygens (including phenoxy) is 2. The molecule has 2 aliphatic heterocycles. The van der Waals surface area contributed by atoms with Gasteiger partial charge in [0.25, 0.3) is 0 Å². The van der Waals surface area contributed by atoms with Crippen LogP contribution in [0.4, 0.5) is 5.69 Å². The fourth-order valence-corrected chi connectivity index (χ4v) is 3.37. The van der Waals surface area contributed by atoms with E-state index in [0.717, 1.165) is 0 Å². The van der Waals surface area contributed by atoms with Gasteiger partial charge in [0.05, 0.1) is 6.61 Å². The number of nitriles is 1. The Morgan fingerprint density at radius 2 is 2.12 bits per heavy atom. The number of hydrogen-bond acceptors (Lipinski definition) is 6. The fourth-order valence-electron chi connectivity index (χ4n) is 3.37. The van der Waals surface area contributed by atoms with Crippen LogP contribution in [0, 0.1) is 11.3 Å². The molecule has 1 aromatic carbocycles. The van der Waals surface area contributed by atoms with Crippen LogP contribution in [0.25, 0.3) is 0 Å². The minimum Gasteiger partial charge on any atom is -0.462 e. The third-order valence-electron chi connectivity index (χ3n) is 4.34. The minimum atomic E-state index is -1.66. The lowest BCUT2D eigenvalue weighted by Gasteiger charge is -2.34. The highest BCUT2D eigenvalue weighted by Crippen LogP contribution is 2.52. The maximum Gasteiger partial charge on any atom is 0.339 e. The predicted molar refractivity (Wildman–Crippen MR) is 88.6 cm³/mol. The molecule has 1 amide bonds. The van der Waals surface area contributed by atoms with Crippen LogP contribution in [0.1, 0.15) is 25.8 Å². The smallest absolute Gasteiger partial charge is 0.339 e. The Morgan fingerprint density at radius 3 is 2.76 bits per heavy atom. The fraction of sp³-hybridized carbons (Fsp3) is 0.278. The van der Waals surface area contributed by atoms with Gasteiger partial charge in [-0.1, -0.05) is 25.1 Å². The zero-order valence-electron chi connectivity index (χ0n) is 13.9.